The minimum Gasteiger partial charge on any atom is -0.481 e. The van der Waals surface area contributed by atoms with Crippen molar-refractivity contribution in [1.29, 1.82) is 0 Å². The van der Waals surface area contributed by atoms with E-state index in [9.17, 15) is 14.7 Å². The van der Waals surface area contributed by atoms with E-state index < -0.39 is 23.8 Å². The largest absolute Gasteiger partial charge is 0.481 e. The molecule has 0 aromatic rings. The third kappa shape index (κ3) is 3.45. The van der Waals surface area contributed by atoms with Crippen LogP contribution in [0.4, 0.5) is 0 Å². The van der Waals surface area contributed by atoms with Gasteiger partial charge < -0.3 is 15.1 Å². The van der Waals surface area contributed by atoms with E-state index in [0.717, 1.165) is 19.5 Å². The van der Waals surface area contributed by atoms with Crippen molar-refractivity contribution >= 4 is 11.9 Å². The maximum atomic E-state index is 11.2. The number of aliphatic carboxylic acids is 2. The second kappa shape index (κ2) is 6.18. The van der Waals surface area contributed by atoms with Gasteiger partial charge >= 0.3 is 11.9 Å². The van der Waals surface area contributed by atoms with Gasteiger partial charge in [-0.25, -0.2) is 0 Å². The Kier molecular flexibility index (Phi) is 5.14. The van der Waals surface area contributed by atoms with Crippen LogP contribution in [0.25, 0.3) is 0 Å². The average Bonchev–Trinajstić information content (AvgIpc) is 2.64. The Morgan fingerprint density at radius 2 is 1.78 bits per heavy atom. The van der Waals surface area contributed by atoms with E-state index in [1.807, 2.05) is 7.05 Å². The molecule has 5 nitrogen and oxygen atoms in total. The molecule has 1 aliphatic heterocycles. The molecule has 104 valence electrons. The van der Waals surface area contributed by atoms with Crippen molar-refractivity contribution in [2.24, 2.45) is 23.7 Å². The summed E-state index contributed by atoms with van der Waals surface area (Å²) in [7, 11) is 2.03. The lowest BCUT2D eigenvalue weighted by atomic mass is 9.80. The highest BCUT2D eigenvalue weighted by molar-refractivity contribution is 5.79. The first-order chi connectivity index (χ1) is 8.36. The van der Waals surface area contributed by atoms with Crippen molar-refractivity contribution in [3.8, 4) is 0 Å². The first kappa shape index (κ1) is 15.0. The third-order valence-corrected chi connectivity index (χ3v) is 4.15. The lowest BCUT2D eigenvalue weighted by Gasteiger charge is -2.23. The molecule has 5 heteroatoms. The molecular formula is C13H23NO4. The average molecular weight is 257 g/mol. The van der Waals surface area contributed by atoms with Gasteiger partial charge in [0.2, 0.25) is 0 Å². The lowest BCUT2D eigenvalue weighted by Crippen LogP contribution is -2.31. The molecule has 4 atom stereocenters. The van der Waals surface area contributed by atoms with Crippen LogP contribution in [-0.2, 0) is 9.59 Å². The molecule has 1 fully saturated rings. The molecule has 0 aromatic heterocycles. The molecule has 1 aliphatic rings. The molecular weight excluding hydrogens is 234 g/mol. The number of rotatable bonds is 6. The Bertz CT molecular complexity index is 318. The van der Waals surface area contributed by atoms with Crippen LogP contribution in [0.15, 0.2) is 0 Å². The first-order valence-electron chi connectivity index (χ1n) is 6.50. The van der Waals surface area contributed by atoms with Crippen LogP contribution in [0.5, 0.6) is 0 Å². The summed E-state index contributed by atoms with van der Waals surface area (Å²) in [4.78, 5) is 24.4. The Morgan fingerprint density at radius 3 is 2.22 bits per heavy atom. The minimum absolute atomic E-state index is 0.294. The number of carbonyl (C=O) groups is 2. The number of carboxylic acid groups (broad SMARTS) is 2. The van der Waals surface area contributed by atoms with Crippen molar-refractivity contribution in [3.05, 3.63) is 0 Å². The van der Waals surface area contributed by atoms with Crippen LogP contribution in [0.2, 0.25) is 0 Å². The zero-order chi connectivity index (χ0) is 13.9. The quantitative estimate of drug-likeness (QED) is 0.751. The van der Waals surface area contributed by atoms with Gasteiger partial charge in [-0.15, -0.1) is 0 Å². The number of likely N-dealkylation sites (tertiary alicyclic amines) is 1. The summed E-state index contributed by atoms with van der Waals surface area (Å²) in [6.07, 6.45) is 1.48. The van der Waals surface area contributed by atoms with E-state index in [4.69, 9.17) is 5.11 Å². The normalized spacial score (nSPS) is 27.9. The van der Waals surface area contributed by atoms with Gasteiger partial charge in [0, 0.05) is 13.1 Å². The van der Waals surface area contributed by atoms with E-state index >= 15 is 0 Å². The Labute approximate surface area is 108 Å². The summed E-state index contributed by atoms with van der Waals surface area (Å²) < 4.78 is 0. The van der Waals surface area contributed by atoms with Gasteiger partial charge in [0.05, 0.1) is 11.8 Å². The van der Waals surface area contributed by atoms with Gasteiger partial charge in [-0.2, -0.15) is 0 Å². The van der Waals surface area contributed by atoms with Gasteiger partial charge in [0.1, 0.15) is 0 Å². The maximum Gasteiger partial charge on any atom is 0.307 e. The minimum atomic E-state index is -1.03. The molecule has 1 saturated heterocycles. The summed E-state index contributed by atoms with van der Waals surface area (Å²) >= 11 is 0. The summed E-state index contributed by atoms with van der Waals surface area (Å²) in [5, 5.41) is 18.2. The van der Waals surface area contributed by atoms with E-state index in [2.05, 4.69) is 11.8 Å². The number of hydrogen-bond donors (Lipinski definition) is 2. The van der Waals surface area contributed by atoms with Crippen LogP contribution in [-0.4, -0.2) is 47.2 Å². The fourth-order valence-electron chi connectivity index (χ4n) is 2.92. The van der Waals surface area contributed by atoms with Crippen LogP contribution >= 0.6 is 0 Å². The molecule has 0 saturated carbocycles. The van der Waals surface area contributed by atoms with Crippen LogP contribution in [0.1, 0.15) is 26.7 Å². The van der Waals surface area contributed by atoms with Crippen molar-refractivity contribution < 1.29 is 19.8 Å². The zero-order valence-corrected chi connectivity index (χ0v) is 11.3. The second-order valence-electron chi connectivity index (χ2n) is 5.46. The molecule has 2 N–H and O–H groups in total. The van der Waals surface area contributed by atoms with Crippen LogP contribution in [0.3, 0.4) is 0 Å². The molecule has 18 heavy (non-hydrogen) atoms. The summed E-state index contributed by atoms with van der Waals surface area (Å²) in [5.74, 6) is -2.85. The predicted molar refractivity (Wildman–Crippen MR) is 67.3 cm³/mol. The number of carboxylic acids is 2. The monoisotopic (exact) mass is 257 g/mol. The number of nitrogens with zero attached hydrogens (tertiary/aromatic N) is 1. The maximum absolute atomic E-state index is 11.2. The molecule has 0 bridgehead atoms. The Hall–Kier alpha value is -1.10. The van der Waals surface area contributed by atoms with Gasteiger partial charge in [-0.05, 0) is 25.3 Å². The standard InChI is InChI=1S/C13H23NO4/c1-4-9-6-14(3)7-10(9)5-11(13(17)18)8(2)12(15)16/h8-11H,4-7H2,1-3H3,(H,15,16)(H,17,18). The highest BCUT2D eigenvalue weighted by Crippen LogP contribution is 2.32. The molecule has 0 aromatic carbocycles. The first-order valence-corrected chi connectivity index (χ1v) is 6.50. The van der Waals surface area contributed by atoms with E-state index in [0.29, 0.717) is 18.3 Å². The predicted octanol–water partition coefficient (Wildman–Crippen LogP) is 1.39. The fourth-order valence-corrected chi connectivity index (χ4v) is 2.92. The molecule has 0 spiro atoms. The molecule has 4 unspecified atom stereocenters. The van der Waals surface area contributed by atoms with Crippen molar-refractivity contribution in [1.82, 2.24) is 4.90 Å². The lowest BCUT2D eigenvalue weighted by molar-refractivity contribution is -0.153. The fraction of sp³-hybridized carbons (Fsp3) is 0.846. The van der Waals surface area contributed by atoms with Gasteiger partial charge in [-0.3, -0.25) is 9.59 Å². The van der Waals surface area contributed by atoms with Crippen LogP contribution < -0.4 is 0 Å². The van der Waals surface area contributed by atoms with Gasteiger partial charge in [0.15, 0.2) is 0 Å². The summed E-state index contributed by atoms with van der Waals surface area (Å²) in [6.45, 7) is 5.44. The summed E-state index contributed by atoms with van der Waals surface area (Å²) in [5.41, 5.74) is 0. The van der Waals surface area contributed by atoms with E-state index in [1.54, 1.807) is 0 Å². The van der Waals surface area contributed by atoms with Crippen LogP contribution in [0, 0.1) is 23.7 Å². The van der Waals surface area contributed by atoms with Gasteiger partial charge in [0.25, 0.3) is 0 Å². The molecule has 0 aliphatic carbocycles. The van der Waals surface area contributed by atoms with E-state index in [-0.39, 0.29) is 0 Å². The van der Waals surface area contributed by atoms with Crippen molar-refractivity contribution in [2.45, 2.75) is 26.7 Å². The van der Waals surface area contributed by atoms with Gasteiger partial charge in [-0.1, -0.05) is 20.3 Å². The molecule has 0 amide bonds. The molecule has 1 rings (SSSR count). The topological polar surface area (TPSA) is 77.8 Å². The zero-order valence-electron chi connectivity index (χ0n) is 11.3. The van der Waals surface area contributed by atoms with E-state index in [1.165, 1.54) is 6.92 Å². The number of hydrogen-bond acceptors (Lipinski definition) is 3. The molecule has 1 heterocycles. The smallest absolute Gasteiger partial charge is 0.307 e. The van der Waals surface area contributed by atoms with Crippen molar-refractivity contribution in [2.75, 3.05) is 20.1 Å². The SMILES string of the molecule is CCC1CN(C)CC1CC(C(=O)O)C(C)C(=O)O. The van der Waals surface area contributed by atoms with Crippen molar-refractivity contribution in [3.63, 3.8) is 0 Å². The second-order valence-corrected chi connectivity index (χ2v) is 5.46. The Balaban J connectivity index is 2.72. The molecule has 0 radical (unpaired) electrons. The Morgan fingerprint density at radius 1 is 1.22 bits per heavy atom. The third-order valence-electron chi connectivity index (χ3n) is 4.15. The summed E-state index contributed by atoms with van der Waals surface area (Å²) in [6, 6.07) is 0. The highest BCUT2D eigenvalue weighted by Gasteiger charge is 2.37. The highest BCUT2D eigenvalue weighted by atomic mass is 16.4.